The van der Waals surface area contributed by atoms with Gasteiger partial charge in [-0.15, -0.1) is 0 Å². The first kappa shape index (κ1) is 14.1. The molecule has 2 unspecified atom stereocenters. The molecule has 104 valence electrons. The number of amides is 1. The van der Waals surface area contributed by atoms with Crippen LogP contribution in [0.15, 0.2) is 18.2 Å². The molecule has 1 fully saturated rings. The van der Waals surface area contributed by atoms with E-state index in [0.29, 0.717) is 0 Å². The normalized spacial score (nSPS) is 23.1. The number of benzene rings is 1. The van der Waals surface area contributed by atoms with Gasteiger partial charge in [0, 0.05) is 24.1 Å². The lowest BCUT2D eigenvalue weighted by molar-refractivity contribution is 0.0872. The number of rotatable bonds is 3. The molecule has 2 rings (SSSR count). The van der Waals surface area contributed by atoms with Gasteiger partial charge in [0.05, 0.1) is 0 Å². The molecule has 1 aliphatic rings. The molecule has 1 aromatic rings. The average Bonchev–Trinajstić information content (AvgIpc) is 2.42. The summed E-state index contributed by atoms with van der Waals surface area (Å²) in [7, 11) is 0. The third-order valence-electron chi connectivity index (χ3n) is 4.31. The van der Waals surface area contributed by atoms with Gasteiger partial charge in [0.2, 0.25) is 0 Å². The number of aryl methyl sites for hydroxylation is 1. The maximum atomic E-state index is 12.4. The molecule has 0 spiro atoms. The van der Waals surface area contributed by atoms with Crippen molar-refractivity contribution in [1.29, 1.82) is 0 Å². The molecule has 2 N–H and O–H groups in total. The number of aliphatic hydroxyl groups is 1. The van der Waals surface area contributed by atoms with Crippen molar-refractivity contribution >= 4 is 5.91 Å². The van der Waals surface area contributed by atoms with Gasteiger partial charge in [-0.3, -0.25) is 4.79 Å². The third kappa shape index (κ3) is 3.16. The van der Waals surface area contributed by atoms with Gasteiger partial charge in [0.15, 0.2) is 0 Å². The van der Waals surface area contributed by atoms with Gasteiger partial charge >= 0.3 is 0 Å². The molecule has 0 saturated heterocycles. The van der Waals surface area contributed by atoms with E-state index < -0.39 is 0 Å². The average molecular weight is 261 g/mol. The molecule has 1 saturated carbocycles. The molecule has 0 bridgehead atoms. The van der Waals surface area contributed by atoms with Crippen LogP contribution in [-0.2, 0) is 0 Å². The summed E-state index contributed by atoms with van der Waals surface area (Å²) in [5, 5.41) is 12.5. The molecule has 19 heavy (non-hydrogen) atoms. The quantitative estimate of drug-likeness (QED) is 0.878. The van der Waals surface area contributed by atoms with Crippen molar-refractivity contribution in [2.45, 2.75) is 45.6 Å². The Balaban J connectivity index is 2.09. The summed E-state index contributed by atoms with van der Waals surface area (Å²) < 4.78 is 0. The van der Waals surface area contributed by atoms with Crippen LogP contribution in [-0.4, -0.2) is 23.7 Å². The summed E-state index contributed by atoms with van der Waals surface area (Å²) in [6, 6.07) is 5.92. The zero-order chi connectivity index (χ0) is 13.8. The fraction of sp³-hybridized carbons (Fsp3) is 0.562. The minimum absolute atomic E-state index is 0.00782. The minimum Gasteiger partial charge on any atom is -0.396 e. The lowest BCUT2D eigenvalue weighted by Crippen LogP contribution is -2.43. The molecule has 0 radical (unpaired) electrons. The maximum Gasteiger partial charge on any atom is 0.251 e. The van der Waals surface area contributed by atoms with E-state index in [1.54, 1.807) is 0 Å². The Labute approximate surface area is 115 Å². The van der Waals surface area contributed by atoms with Crippen LogP contribution in [0, 0.1) is 19.8 Å². The highest BCUT2D eigenvalue weighted by atomic mass is 16.3. The largest absolute Gasteiger partial charge is 0.396 e. The molecular formula is C16H23NO2. The van der Waals surface area contributed by atoms with Crippen molar-refractivity contribution in [3.63, 3.8) is 0 Å². The molecule has 3 nitrogen and oxygen atoms in total. The fourth-order valence-corrected chi connectivity index (χ4v) is 2.86. The molecular weight excluding hydrogens is 238 g/mol. The monoisotopic (exact) mass is 261 g/mol. The van der Waals surface area contributed by atoms with E-state index in [1.165, 1.54) is 0 Å². The van der Waals surface area contributed by atoms with Crippen LogP contribution in [0.25, 0.3) is 0 Å². The predicted molar refractivity (Wildman–Crippen MR) is 76.2 cm³/mol. The van der Waals surface area contributed by atoms with Gasteiger partial charge in [0.25, 0.3) is 5.91 Å². The summed E-state index contributed by atoms with van der Waals surface area (Å²) in [5.74, 6) is 0.203. The van der Waals surface area contributed by atoms with Crippen LogP contribution in [0.1, 0.15) is 47.2 Å². The van der Waals surface area contributed by atoms with E-state index in [4.69, 9.17) is 0 Å². The zero-order valence-corrected chi connectivity index (χ0v) is 11.8. The number of carbonyl (C=O) groups excluding carboxylic acids is 1. The van der Waals surface area contributed by atoms with E-state index in [9.17, 15) is 9.90 Å². The van der Waals surface area contributed by atoms with Crippen molar-refractivity contribution in [1.82, 2.24) is 5.32 Å². The highest BCUT2D eigenvalue weighted by Gasteiger charge is 2.26. The number of hydrogen-bond donors (Lipinski definition) is 2. The topological polar surface area (TPSA) is 49.3 Å². The van der Waals surface area contributed by atoms with Gasteiger partial charge in [-0.05, 0) is 43.9 Å². The molecule has 1 amide bonds. The smallest absolute Gasteiger partial charge is 0.251 e. The van der Waals surface area contributed by atoms with Crippen LogP contribution in [0.3, 0.4) is 0 Å². The summed E-state index contributed by atoms with van der Waals surface area (Å²) in [6.45, 7) is 4.16. The van der Waals surface area contributed by atoms with Crippen molar-refractivity contribution in [2.75, 3.05) is 6.61 Å². The number of aliphatic hydroxyl groups excluding tert-OH is 1. The lowest BCUT2D eigenvalue weighted by Gasteiger charge is -2.31. The summed E-state index contributed by atoms with van der Waals surface area (Å²) >= 11 is 0. The highest BCUT2D eigenvalue weighted by Crippen LogP contribution is 2.24. The van der Waals surface area contributed by atoms with Gasteiger partial charge in [-0.1, -0.05) is 25.0 Å². The highest BCUT2D eigenvalue weighted by molar-refractivity contribution is 5.96. The van der Waals surface area contributed by atoms with Crippen molar-refractivity contribution in [3.8, 4) is 0 Å². The van der Waals surface area contributed by atoms with Crippen LogP contribution < -0.4 is 5.32 Å². The standard InChI is InChI=1S/C16H23NO2/c1-11-6-5-8-14(12(11)2)16(19)17-15-9-4-3-7-13(15)10-18/h5-6,8,13,15,18H,3-4,7,9-10H2,1-2H3,(H,17,19). The fourth-order valence-electron chi connectivity index (χ4n) is 2.86. The van der Waals surface area contributed by atoms with E-state index in [2.05, 4.69) is 5.32 Å². The van der Waals surface area contributed by atoms with Crippen LogP contribution in [0.5, 0.6) is 0 Å². The molecule has 1 aliphatic carbocycles. The van der Waals surface area contributed by atoms with Gasteiger partial charge < -0.3 is 10.4 Å². The summed E-state index contributed by atoms with van der Waals surface area (Å²) in [5.41, 5.74) is 2.92. The van der Waals surface area contributed by atoms with E-state index in [0.717, 1.165) is 42.4 Å². The zero-order valence-electron chi connectivity index (χ0n) is 11.8. The number of hydrogen-bond acceptors (Lipinski definition) is 2. The summed E-state index contributed by atoms with van der Waals surface area (Å²) in [4.78, 5) is 12.4. The number of carbonyl (C=O) groups is 1. The van der Waals surface area contributed by atoms with Crippen LogP contribution in [0.2, 0.25) is 0 Å². The van der Waals surface area contributed by atoms with Gasteiger partial charge in [0.1, 0.15) is 0 Å². The van der Waals surface area contributed by atoms with Crippen LogP contribution in [0.4, 0.5) is 0 Å². The van der Waals surface area contributed by atoms with Crippen molar-refractivity contribution in [2.24, 2.45) is 5.92 Å². The SMILES string of the molecule is Cc1cccc(C(=O)NC2CCCCC2CO)c1C. The Kier molecular flexibility index (Phi) is 4.59. The van der Waals surface area contributed by atoms with E-state index in [1.807, 2.05) is 32.0 Å². The Morgan fingerprint density at radius 2 is 2.05 bits per heavy atom. The molecule has 3 heteroatoms. The maximum absolute atomic E-state index is 12.4. The summed E-state index contributed by atoms with van der Waals surface area (Å²) in [6.07, 6.45) is 4.27. The Morgan fingerprint density at radius 1 is 1.32 bits per heavy atom. The number of nitrogens with one attached hydrogen (secondary N) is 1. The first-order valence-corrected chi connectivity index (χ1v) is 7.11. The van der Waals surface area contributed by atoms with Crippen molar-refractivity contribution in [3.05, 3.63) is 34.9 Å². The van der Waals surface area contributed by atoms with Gasteiger partial charge in [-0.25, -0.2) is 0 Å². The van der Waals surface area contributed by atoms with Crippen LogP contribution >= 0.6 is 0 Å². The Hall–Kier alpha value is -1.35. The Bertz CT molecular complexity index is 456. The molecule has 0 aliphatic heterocycles. The first-order chi connectivity index (χ1) is 9.13. The molecule has 1 aromatic carbocycles. The van der Waals surface area contributed by atoms with E-state index >= 15 is 0 Å². The Morgan fingerprint density at radius 3 is 2.79 bits per heavy atom. The second-order valence-electron chi connectivity index (χ2n) is 5.55. The third-order valence-corrected chi connectivity index (χ3v) is 4.31. The molecule has 0 aromatic heterocycles. The van der Waals surface area contributed by atoms with E-state index in [-0.39, 0.29) is 24.5 Å². The second kappa shape index (κ2) is 6.20. The molecule has 2 atom stereocenters. The minimum atomic E-state index is -0.00782. The first-order valence-electron chi connectivity index (χ1n) is 7.11. The van der Waals surface area contributed by atoms with Crippen molar-refractivity contribution < 1.29 is 9.90 Å². The second-order valence-corrected chi connectivity index (χ2v) is 5.55. The van der Waals surface area contributed by atoms with Gasteiger partial charge in [-0.2, -0.15) is 0 Å². The predicted octanol–water partition coefficient (Wildman–Crippen LogP) is 2.58. The molecule has 0 heterocycles. The lowest BCUT2D eigenvalue weighted by atomic mass is 9.85.